The predicted molar refractivity (Wildman–Crippen MR) is 97.4 cm³/mol. The van der Waals surface area contributed by atoms with Gasteiger partial charge in [0.15, 0.2) is 17.6 Å². The Kier molecular flexibility index (Phi) is 7.16. The second kappa shape index (κ2) is 9.56. The Hall–Kier alpha value is -3.09. The van der Waals surface area contributed by atoms with Gasteiger partial charge in [-0.15, -0.1) is 0 Å². The smallest absolute Gasteiger partial charge is 0.330 e. The fourth-order valence-corrected chi connectivity index (χ4v) is 2.63. The van der Waals surface area contributed by atoms with Crippen molar-refractivity contribution >= 4 is 11.9 Å². The largest absolute Gasteiger partial charge is 0.497 e. The van der Waals surface area contributed by atoms with E-state index in [0.717, 1.165) is 17.4 Å². The van der Waals surface area contributed by atoms with Gasteiger partial charge in [-0.1, -0.05) is 18.2 Å². The Labute approximate surface area is 156 Å². The van der Waals surface area contributed by atoms with Gasteiger partial charge in [0.25, 0.3) is 0 Å². The van der Waals surface area contributed by atoms with Crippen LogP contribution in [0, 0.1) is 5.82 Å². The van der Waals surface area contributed by atoms with Crippen LogP contribution in [0.5, 0.6) is 11.5 Å². The number of hydrogen-bond donors (Lipinski definition) is 2. The van der Waals surface area contributed by atoms with Gasteiger partial charge >= 0.3 is 5.97 Å². The number of aliphatic carboxylic acids is 1. The molecule has 0 aliphatic carbocycles. The maximum atomic E-state index is 13.8. The minimum Gasteiger partial charge on any atom is -0.497 e. The summed E-state index contributed by atoms with van der Waals surface area (Å²) < 4.78 is 23.7. The molecule has 27 heavy (non-hydrogen) atoms. The third-order valence-electron chi connectivity index (χ3n) is 4.09. The van der Waals surface area contributed by atoms with Crippen molar-refractivity contribution in [3.63, 3.8) is 0 Å². The number of ether oxygens (including phenoxy) is 2. The van der Waals surface area contributed by atoms with Crippen LogP contribution in [0.4, 0.5) is 4.39 Å². The van der Waals surface area contributed by atoms with E-state index < -0.39 is 23.7 Å². The lowest BCUT2D eigenvalue weighted by atomic mass is 10.1. The molecule has 0 aromatic heterocycles. The number of carboxylic acids is 1. The highest BCUT2D eigenvalue weighted by molar-refractivity contribution is 5.84. The highest BCUT2D eigenvalue weighted by Gasteiger charge is 2.23. The molecule has 0 aliphatic heterocycles. The molecular formula is C20H22FNO5. The normalized spacial score (nSPS) is 11.5. The lowest BCUT2D eigenvalue weighted by Crippen LogP contribution is -2.33. The Morgan fingerprint density at radius 3 is 2.37 bits per heavy atom. The van der Waals surface area contributed by atoms with E-state index in [1.165, 1.54) is 19.2 Å². The second-order valence-corrected chi connectivity index (χ2v) is 5.93. The van der Waals surface area contributed by atoms with E-state index in [1.807, 2.05) is 24.3 Å². The molecule has 0 saturated heterocycles. The first kappa shape index (κ1) is 20.2. The summed E-state index contributed by atoms with van der Waals surface area (Å²) in [6.45, 7) is 0. The van der Waals surface area contributed by atoms with Crippen molar-refractivity contribution in [2.45, 2.75) is 25.3 Å². The zero-order chi connectivity index (χ0) is 19.8. The van der Waals surface area contributed by atoms with Crippen LogP contribution < -0.4 is 14.8 Å². The van der Waals surface area contributed by atoms with E-state index in [4.69, 9.17) is 9.47 Å². The molecular weight excluding hydrogens is 353 g/mol. The van der Waals surface area contributed by atoms with Crippen molar-refractivity contribution in [2.24, 2.45) is 0 Å². The van der Waals surface area contributed by atoms with E-state index in [2.05, 4.69) is 5.32 Å². The van der Waals surface area contributed by atoms with Gasteiger partial charge in [0.2, 0.25) is 5.91 Å². The molecule has 7 heteroatoms. The minimum atomic E-state index is -1.32. The standard InChI is InChI=1S/C20H22FNO5/c1-26-15-9-6-13(7-10-15)4-3-5-18(23)22-19(20(24)25)14-8-11-17(27-2)16(21)12-14/h6-12,19H,3-5H2,1-2H3,(H,22,23)(H,24,25). The van der Waals surface area contributed by atoms with Gasteiger partial charge in [-0.25, -0.2) is 9.18 Å². The average molecular weight is 375 g/mol. The van der Waals surface area contributed by atoms with Gasteiger partial charge in [-0.2, -0.15) is 0 Å². The van der Waals surface area contributed by atoms with Gasteiger partial charge in [-0.05, 0) is 48.2 Å². The van der Waals surface area contributed by atoms with Crippen LogP contribution in [-0.4, -0.2) is 31.2 Å². The molecule has 0 aliphatic rings. The van der Waals surface area contributed by atoms with Gasteiger partial charge in [-0.3, -0.25) is 4.79 Å². The van der Waals surface area contributed by atoms with E-state index in [-0.39, 0.29) is 17.7 Å². The summed E-state index contributed by atoms with van der Waals surface area (Å²) in [5, 5.41) is 11.8. The van der Waals surface area contributed by atoms with E-state index in [9.17, 15) is 19.1 Å². The topological polar surface area (TPSA) is 84.9 Å². The van der Waals surface area contributed by atoms with Crippen LogP contribution >= 0.6 is 0 Å². The summed E-state index contributed by atoms with van der Waals surface area (Å²) in [7, 11) is 2.91. The summed E-state index contributed by atoms with van der Waals surface area (Å²) in [6, 6.07) is 9.99. The van der Waals surface area contributed by atoms with Crippen molar-refractivity contribution in [1.29, 1.82) is 0 Å². The van der Waals surface area contributed by atoms with E-state index in [0.29, 0.717) is 12.8 Å². The maximum absolute atomic E-state index is 13.8. The van der Waals surface area contributed by atoms with Crippen LogP contribution in [0.25, 0.3) is 0 Å². The zero-order valence-electron chi connectivity index (χ0n) is 15.2. The van der Waals surface area contributed by atoms with Crippen molar-refractivity contribution in [3.8, 4) is 11.5 Å². The number of carboxylic acid groups (broad SMARTS) is 1. The molecule has 2 aromatic carbocycles. The van der Waals surface area contributed by atoms with Crippen LogP contribution in [0.1, 0.15) is 30.0 Å². The zero-order valence-corrected chi connectivity index (χ0v) is 15.2. The van der Waals surface area contributed by atoms with Gasteiger partial charge < -0.3 is 19.9 Å². The Morgan fingerprint density at radius 1 is 1.11 bits per heavy atom. The highest BCUT2D eigenvalue weighted by atomic mass is 19.1. The van der Waals surface area contributed by atoms with Crippen LogP contribution in [0.15, 0.2) is 42.5 Å². The number of methoxy groups -OCH3 is 2. The molecule has 0 radical (unpaired) electrons. The molecule has 0 fully saturated rings. The molecule has 0 spiro atoms. The molecule has 1 atom stereocenters. The van der Waals surface area contributed by atoms with Gasteiger partial charge in [0, 0.05) is 6.42 Å². The number of amides is 1. The lowest BCUT2D eigenvalue weighted by Gasteiger charge is -2.16. The number of hydrogen-bond acceptors (Lipinski definition) is 4. The fourth-order valence-electron chi connectivity index (χ4n) is 2.63. The average Bonchev–Trinajstić information content (AvgIpc) is 2.66. The van der Waals surface area contributed by atoms with E-state index in [1.54, 1.807) is 7.11 Å². The first-order chi connectivity index (χ1) is 12.9. The molecule has 144 valence electrons. The SMILES string of the molecule is COc1ccc(CCCC(=O)NC(C(=O)O)c2ccc(OC)c(F)c2)cc1. The van der Waals surface area contributed by atoms with Crippen LogP contribution in [0.3, 0.4) is 0 Å². The minimum absolute atomic E-state index is 0.00806. The molecule has 1 unspecified atom stereocenters. The monoisotopic (exact) mass is 375 g/mol. The number of carbonyl (C=O) groups is 2. The number of nitrogens with one attached hydrogen (secondary N) is 1. The number of aryl methyl sites for hydroxylation is 1. The molecule has 2 N–H and O–H groups in total. The number of benzene rings is 2. The van der Waals surface area contributed by atoms with Crippen molar-refractivity contribution in [2.75, 3.05) is 14.2 Å². The molecule has 0 bridgehead atoms. The summed E-state index contributed by atoms with van der Waals surface area (Å²) in [6.07, 6.45) is 1.39. The summed E-state index contributed by atoms with van der Waals surface area (Å²) in [5.74, 6) is -1.59. The Balaban J connectivity index is 1.92. The molecule has 2 aromatic rings. The summed E-state index contributed by atoms with van der Waals surface area (Å²) >= 11 is 0. The third-order valence-corrected chi connectivity index (χ3v) is 4.09. The van der Waals surface area contributed by atoms with Crippen LogP contribution in [-0.2, 0) is 16.0 Å². The van der Waals surface area contributed by atoms with Gasteiger partial charge in [0.1, 0.15) is 5.75 Å². The summed E-state index contributed by atoms with van der Waals surface area (Å²) in [5.41, 5.74) is 1.19. The van der Waals surface area contributed by atoms with Crippen molar-refractivity contribution in [3.05, 3.63) is 59.4 Å². The van der Waals surface area contributed by atoms with E-state index >= 15 is 0 Å². The molecule has 0 heterocycles. The fraction of sp³-hybridized carbons (Fsp3) is 0.300. The summed E-state index contributed by atoms with van der Waals surface area (Å²) in [4.78, 5) is 23.6. The number of carbonyl (C=O) groups excluding carboxylic acids is 1. The first-order valence-electron chi connectivity index (χ1n) is 8.43. The Morgan fingerprint density at radius 2 is 1.81 bits per heavy atom. The maximum Gasteiger partial charge on any atom is 0.330 e. The molecule has 2 rings (SSSR count). The molecule has 1 amide bonds. The van der Waals surface area contributed by atoms with Crippen LogP contribution in [0.2, 0.25) is 0 Å². The third kappa shape index (κ3) is 5.70. The number of halogens is 1. The lowest BCUT2D eigenvalue weighted by molar-refractivity contribution is -0.142. The highest BCUT2D eigenvalue weighted by Crippen LogP contribution is 2.22. The van der Waals surface area contributed by atoms with Crippen molar-refractivity contribution in [1.82, 2.24) is 5.32 Å². The van der Waals surface area contributed by atoms with Gasteiger partial charge in [0.05, 0.1) is 14.2 Å². The second-order valence-electron chi connectivity index (χ2n) is 5.93. The first-order valence-corrected chi connectivity index (χ1v) is 8.43. The quantitative estimate of drug-likeness (QED) is 0.703. The van der Waals surface area contributed by atoms with Crippen molar-refractivity contribution < 1.29 is 28.6 Å². The molecule has 0 saturated carbocycles. The molecule has 6 nitrogen and oxygen atoms in total. The Bertz CT molecular complexity index is 791. The number of rotatable bonds is 9. The predicted octanol–water partition coefficient (Wildman–Crippen LogP) is 3.11.